The molecule has 5 heteroatoms. The van der Waals surface area contributed by atoms with Crippen LogP contribution in [0.1, 0.15) is 50.5 Å². The Balaban J connectivity index is 0.00000192. The molecular weight excluding hydrogens is 315 g/mol. The molecule has 2 saturated carbocycles. The van der Waals surface area contributed by atoms with E-state index in [0.717, 1.165) is 50.5 Å². The zero-order valence-corrected chi connectivity index (χ0v) is 14.2. The van der Waals surface area contributed by atoms with Gasteiger partial charge in [-0.25, -0.2) is 4.39 Å². The number of nitrogens with one attached hydrogen (secondary N) is 1. The van der Waals surface area contributed by atoms with Crippen molar-refractivity contribution in [3.05, 3.63) is 35.6 Å². The fourth-order valence-corrected chi connectivity index (χ4v) is 4.23. The molecule has 2 atom stereocenters. The number of amides is 1. The van der Waals surface area contributed by atoms with Gasteiger partial charge in [-0.3, -0.25) is 4.79 Å². The standard InChI is InChI=1S/C18H25FN2O.ClH/c19-15-8-6-14(7-9-15)18(10-1-2-11-18)21-17(22)16-5-3-4-13(16)12-20;/h6-9,13,16H,1-5,10-12,20H2,(H,21,22);1H/t13-,16-;/m1./s1. The van der Waals surface area contributed by atoms with E-state index in [1.807, 2.05) is 12.1 Å². The monoisotopic (exact) mass is 340 g/mol. The zero-order valence-electron chi connectivity index (χ0n) is 13.4. The molecule has 3 rings (SSSR count). The summed E-state index contributed by atoms with van der Waals surface area (Å²) in [4.78, 5) is 12.8. The molecule has 128 valence electrons. The molecule has 2 aliphatic carbocycles. The van der Waals surface area contributed by atoms with Gasteiger partial charge in [0.05, 0.1) is 5.54 Å². The fourth-order valence-electron chi connectivity index (χ4n) is 4.23. The molecule has 0 aliphatic heterocycles. The smallest absolute Gasteiger partial charge is 0.224 e. The van der Waals surface area contributed by atoms with E-state index in [0.29, 0.717) is 12.5 Å². The highest BCUT2D eigenvalue weighted by molar-refractivity contribution is 5.85. The fraction of sp³-hybridized carbons (Fsp3) is 0.611. The molecule has 3 nitrogen and oxygen atoms in total. The lowest BCUT2D eigenvalue weighted by atomic mass is 9.86. The number of rotatable bonds is 4. The van der Waals surface area contributed by atoms with Crippen LogP contribution in [0.15, 0.2) is 24.3 Å². The molecule has 0 saturated heterocycles. The minimum atomic E-state index is -0.313. The van der Waals surface area contributed by atoms with Crippen LogP contribution >= 0.6 is 12.4 Å². The van der Waals surface area contributed by atoms with Crippen molar-refractivity contribution in [2.24, 2.45) is 17.6 Å². The molecule has 0 unspecified atom stereocenters. The number of carbonyl (C=O) groups is 1. The molecule has 0 spiro atoms. The van der Waals surface area contributed by atoms with Gasteiger partial charge in [-0.2, -0.15) is 0 Å². The summed E-state index contributed by atoms with van der Waals surface area (Å²) >= 11 is 0. The van der Waals surface area contributed by atoms with Crippen LogP contribution in [0.4, 0.5) is 4.39 Å². The van der Waals surface area contributed by atoms with Crippen LogP contribution in [0.3, 0.4) is 0 Å². The number of nitrogens with two attached hydrogens (primary N) is 1. The van der Waals surface area contributed by atoms with Gasteiger partial charge in [0.1, 0.15) is 5.82 Å². The van der Waals surface area contributed by atoms with Crippen LogP contribution < -0.4 is 11.1 Å². The van der Waals surface area contributed by atoms with Gasteiger partial charge >= 0.3 is 0 Å². The third kappa shape index (κ3) is 3.69. The number of carbonyl (C=O) groups excluding carboxylic acids is 1. The summed E-state index contributed by atoms with van der Waals surface area (Å²) in [6.45, 7) is 0.585. The largest absolute Gasteiger partial charge is 0.346 e. The molecular formula is C18H26ClFN2O. The summed E-state index contributed by atoms with van der Waals surface area (Å²) in [5.41, 5.74) is 6.53. The quantitative estimate of drug-likeness (QED) is 0.881. The van der Waals surface area contributed by atoms with Crippen molar-refractivity contribution in [1.29, 1.82) is 0 Å². The predicted octanol–water partition coefficient (Wildman–Crippen LogP) is 3.51. The van der Waals surface area contributed by atoms with Gasteiger partial charge < -0.3 is 11.1 Å². The first-order valence-electron chi connectivity index (χ1n) is 8.43. The zero-order chi connectivity index (χ0) is 15.6. The van der Waals surface area contributed by atoms with Crippen molar-refractivity contribution in [3.63, 3.8) is 0 Å². The van der Waals surface area contributed by atoms with E-state index in [9.17, 15) is 9.18 Å². The van der Waals surface area contributed by atoms with Gasteiger partial charge in [0.25, 0.3) is 0 Å². The van der Waals surface area contributed by atoms with Gasteiger partial charge in [-0.05, 0) is 55.8 Å². The van der Waals surface area contributed by atoms with Crippen LogP contribution in [0.2, 0.25) is 0 Å². The van der Waals surface area contributed by atoms with E-state index >= 15 is 0 Å². The summed E-state index contributed by atoms with van der Waals surface area (Å²) in [6, 6.07) is 6.60. The van der Waals surface area contributed by atoms with Crippen molar-refractivity contribution in [2.75, 3.05) is 6.54 Å². The molecule has 1 amide bonds. The summed E-state index contributed by atoms with van der Waals surface area (Å²) < 4.78 is 13.2. The molecule has 0 bridgehead atoms. The van der Waals surface area contributed by atoms with E-state index in [4.69, 9.17) is 5.73 Å². The molecule has 2 fully saturated rings. The number of hydrogen-bond donors (Lipinski definition) is 2. The van der Waals surface area contributed by atoms with Gasteiger partial charge in [0.2, 0.25) is 5.91 Å². The van der Waals surface area contributed by atoms with Crippen LogP contribution in [0.25, 0.3) is 0 Å². The Kier molecular flexibility index (Phi) is 6.04. The summed E-state index contributed by atoms with van der Waals surface area (Å²) in [7, 11) is 0. The maximum atomic E-state index is 13.2. The highest BCUT2D eigenvalue weighted by Gasteiger charge is 2.40. The van der Waals surface area contributed by atoms with E-state index < -0.39 is 0 Å². The van der Waals surface area contributed by atoms with Crippen LogP contribution in [-0.2, 0) is 10.3 Å². The lowest BCUT2D eigenvalue weighted by molar-refractivity contribution is -0.128. The first kappa shape index (κ1) is 18.2. The lowest BCUT2D eigenvalue weighted by Crippen LogP contribution is -2.47. The Morgan fingerprint density at radius 2 is 1.83 bits per heavy atom. The Morgan fingerprint density at radius 1 is 1.17 bits per heavy atom. The molecule has 2 aliphatic rings. The maximum absolute atomic E-state index is 13.2. The third-order valence-electron chi connectivity index (χ3n) is 5.51. The van der Waals surface area contributed by atoms with Gasteiger partial charge in [0, 0.05) is 5.92 Å². The molecule has 0 radical (unpaired) electrons. The second-order valence-electron chi connectivity index (χ2n) is 6.82. The van der Waals surface area contributed by atoms with Gasteiger partial charge in [-0.15, -0.1) is 12.4 Å². The van der Waals surface area contributed by atoms with Gasteiger partial charge in [-0.1, -0.05) is 31.4 Å². The van der Waals surface area contributed by atoms with E-state index in [-0.39, 0.29) is 35.6 Å². The Labute approximate surface area is 143 Å². The number of benzene rings is 1. The van der Waals surface area contributed by atoms with E-state index in [1.54, 1.807) is 0 Å². The lowest BCUT2D eigenvalue weighted by Gasteiger charge is -2.33. The first-order chi connectivity index (χ1) is 10.6. The summed E-state index contributed by atoms with van der Waals surface area (Å²) in [5, 5.41) is 3.32. The van der Waals surface area contributed by atoms with E-state index in [2.05, 4.69) is 5.32 Å². The summed E-state index contributed by atoms with van der Waals surface area (Å²) in [6.07, 6.45) is 7.15. The summed E-state index contributed by atoms with van der Waals surface area (Å²) in [5.74, 6) is 0.260. The van der Waals surface area contributed by atoms with Crippen molar-refractivity contribution in [3.8, 4) is 0 Å². The number of halogens is 2. The Morgan fingerprint density at radius 3 is 2.43 bits per heavy atom. The maximum Gasteiger partial charge on any atom is 0.224 e. The molecule has 0 aromatic heterocycles. The molecule has 3 N–H and O–H groups in total. The number of hydrogen-bond acceptors (Lipinski definition) is 2. The molecule has 1 aromatic carbocycles. The second kappa shape index (κ2) is 7.63. The van der Waals surface area contributed by atoms with Crippen LogP contribution in [0, 0.1) is 17.7 Å². The highest BCUT2D eigenvalue weighted by atomic mass is 35.5. The van der Waals surface area contributed by atoms with E-state index in [1.165, 1.54) is 12.1 Å². The Bertz CT molecular complexity index is 528. The third-order valence-corrected chi connectivity index (χ3v) is 5.51. The molecule has 0 heterocycles. The molecule has 1 aromatic rings. The Hall–Kier alpha value is -1.13. The molecule has 23 heavy (non-hydrogen) atoms. The van der Waals surface area contributed by atoms with Crippen molar-refractivity contribution in [2.45, 2.75) is 50.5 Å². The minimum Gasteiger partial charge on any atom is -0.346 e. The first-order valence-corrected chi connectivity index (χ1v) is 8.43. The van der Waals surface area contributed by atoms with Gasteiger partial charge in [0.15, 0.2) is 0 Å². The second-order valence-corrected chi connectivity index (χ2v) is 6.82. The highest BCUT2D eigenvalue weighted by Crippen LogP contribution is 2.40. The van der Waals surface area contributed by atoms with Crippen LogP contribution in [-0.4, -0.2) is 12.5 Å². The van der Waals surface area contributed by atoms with Crippen molar-refractivity contribution >= 4 is 18.3 Å². The van der Waals surface area contributed by atoms with Crippen molar-refractivity contribution in [1.82, 2.24) is 5.32 Å². The SMILES string of the molecule is Cl.NC[C@H]1CCC[C@H]1C(=O)NC1(c2ccc(F)cc2)CCCC1. The predicted molar refractivity (Wildman–Crippen MR) is 91.8 cm³/mol. The minimum absolute atomic E-state index is 0. The normalized spacial score (nSPS) is 25.8. The van der Waals surface area contributed by atoms with Crippen molar-refractivity contribution < 1.29 is 9.18 Å². The average molecular weight is 341 g/mol. The topological polar surface area (TPSA) is 55.1 Å². The van der Waals surface area contributed by atoms with Crippen LogP contribution in [0.5, 0.6) is 0 Å². The average Bonchev–Trinajstić information content (AvgIpc) is 3.17.